The molecular formula is C22H20FN5O2. The molecule has 4 aromatic rings. The van der Waals surface area contributed by atoms with Crippen molar-refractivity contribution in [3.8, 4) is 11.6 Å². The number of aryl methyl sites for hydroxylation is 1. The number of fused-ring (bicyclic) bond motifs is 1. The standard InChI is InChI=1S/C22H20FN5O2/c1-14-6-7-15(12-17(14)23)25-22(29)27-10-8-16(13-27)28-20-18(4-2-9-24-20)26-21(28)19-5-3-11-30-19/h2-7,9,11-12,16H,8,10,13H2,1H3,(H,25,29)/t16-/m1/s1. The third-order valence-corrected chi connectivity index (χ3v) is 5.43. The third-order valence-electron chi connectivity index (χ3n) is 5.43. The maximum atomic E-state index is 13.8. The summed E-state index contributed by atoms with van der Waals surface area (Å²) in [5.74, 6) is 1.01. The number of carbonyl (C=O) groups is 1. The number of anilines is 1. The summed E-state index contributed by atoms with van der Waals surface area (Å²) in [6, 6.07) is 11.9. The van der Waals surface area contributed by atoms with Crippen molar-refractivity contribution in [1.82, 2.24) is 19.4 Å². The van der Waals surface area contributed by atoms with Crippen molar-refractivity contribution in [3.05, 3.63) is 66.3 Å². The number of nitrogens with zero attached hydrogens (tertiary/aromatic N) is 4. The van der Waals surface area contributed by atoms with Crippen molar-refractivity contribution in [2.75, 3.05) is 18.4 Å². The molecule has 4 heterocycles. The number of benzene rings is 1. The Bertz CT molecular complexity index is 1220. The lowest BCUT2D eigenvalue weighted by Gasteiger charge is -2.19. The van der Waals surface area contributed by atoms with E-state index in [-0.39, 0.29) is 17.9 Å². The average Bonchev–Trinajstić information content (AvgIpc) is 3.49. The minimum absolute atomic E-state index is 0.00510. The predicted octanol–water partition coefficient (Wildman–Crippen LogP) is 4.62. The second kappa shape index (κ2) is 7.29. The first-order valence-electron chi connectivity index (χ1n) is 9.79. The molecule has 0 saturated carbocycles. The number of rotatable bonds is 3. The summed E-state index contributed by atoms with van der Waals surface area (Å²) < 4.78 is 21.4. The summed E-state index contributed by atoms with van der Waals surface area (Å²) in [6.07, 6.45) is 4.10. The van der Waals surface area contributed by atoms with Crippen LogP contribution >= 0.6 is 0 Å². The minimum atomic E-state index is -0.342. The van der Waals surface area contributed by atoms with Crippen molar-refractivity contribution in [2.24, 2.45) is 0 Å². The lowest BCUT2D eigenvalue weighted by atomic mass is 10.2. The molecule has 0 unspecified atom stereocenters. The highest BCUT2D eigenvalue weighted by Crippen LogP contribution is 2.32. The van der Waals surface area contributed by atoms with Gasteiger partial charge in [0.15, 0.2) is 17.2 Å². The summed E-state index contributed by atoms with van der Waals surface area (Å²) in [7, 11) is 0. The van der Waals surface area contributed by atoms with Gasteiger partial charge < -0.3 is 19.2 Å². The fourth-order valence-corrected chi connectivity index (χ4v) is 3.87. The number of furan rings is 1. The molecule has 1 atom stereocenters. The summed E-state index contributed by atoms with van der Waals surface area (Å²) >= 11 is 0. The Morgan fingerprint density at radius 1 is 1.27 bits per heavy atom. The molecule has 1 N–H and O–H groups in total. The highest BCUT2D eigenvalue weighted by atomic mass is 19.1. The lowest BCUT2D eigenvalue weighted by Crippen LogP contribution is -2.33. The molecule has 3 aromatic heterocycles. The van der Waals surface area contributed by atoms with E-state index in [1.54, 1.807) is 36.4 Å². The number of imidazole rings is 1. The summed E-state index contributed by atoms with van der Waals surface area (Å²) in [5, 5.41) is 2.79. The van der Waals surface area contributed by atoms with Crippen LogP contribution in [0, 0.1) is 12.7 Å². The van der Waals surface area contributed by atoms with Gasteiger partial charge in [0.25, 0.3) is 0 Å². The van der Waals surface area contributed by atoms with Gasteiger partial charge in [-0.3, -0.25) is 0 Å². The molecule has 0 radical (unpaired) electrons. The van der Waals surface area contributed by atoms with E-state index in [9.17, 15) is 9.18 Å². The van der Waals surface area contributed by atoms with E-state index in [1.165, 1.54) is 6.07 Å². The molecule has 2 amide bonds. The van der Waals surface area contributed by atoms with Gasteiger partial charge in [0, 0.05) is 25.0 Å². The van der Waals surface area contributed by atoms with Crippen molar-refractivity contribution in [2.45, 2.75) is 19.4 Å². The number of aromatic nitrogens is 3. The molecule has 1 aliphatic rings. The zero-order valence-electron chi connectivity index (χ0n) is 16.4. The van der Waals surface area contributed by atoms with Gasteiger partial charge in [-0.2, -0.15) is 0 Å². The summed E-state index contributed by atoms with van der Waals surface area (Å²) in [6.45, 7) is 2.76. The summed E-state index contributed by atoms with van der Waals surface area (Å²) in [4.78, 5) is 23.7. The van der Waals surface area contributed by atoms with E-state index in [4.69, 9.17) is 9.40 Å². The first-order chi connectivity index (χ1) is 14.6. The Balaban J connectivity index is 1.40. The number of hydrogen-bond acceptors (Lipinski definition) is 4. The van der Waals surface area contributed by atoms with Crippen LogP contribution in [0.4, 0.5) is 14.9 Å². The van der Waals surface area contributed by atoms with Crippen molar-refractivity contribution in [3.63, 3.8) is 0 Å². The molecule has 1 saturated heterocycles. The molecule has 5 rings (SSSR count). The Kier molecular flexibility index (Phi) is 4.46. The molecule has 1 aromatic carbocycles. The molecule has 0 aliphatic carbocycles. The third kappa shape index (κ3) is 3.20. The SMILES string of the molecule is Cc1ccc(NC(=O)N2CC[C@@H](n3c(-c4ccco4)nc4cccnc43)C2)cc1F. The van der Waals surface area contributed by atoms with E-state index < -0.39 is 0 Å². The van der Waals surface area contributed by atoms with Crippen LogP contribution in [0.5, 0.6) is 0 Å². The highest BCUT2D eigenvalue weighted by Gasteiger charge is 2.31. The highest BCUT2D eigenvalue weighted by molar-refractivity contribution is 5.89. The van der Waals surface area contributed by atoms with Gasteiger partial charge >= 0.3 is 6.03 Å². The number of halogens is 1. The maximum absolute atomic E-state index is 13.8. The smallest absolute Gasteiger partial charge is 0.321 e. The number of pyridine rings is 1. The van der Waals surface area contributed by atoms with Crippen molar-refractivity contribution >= 4 is 22.9 Å². The van der Waals surface area contributed by atoms with E-state index in [2.05, 4.69) is 10.3 Å². The zero-order valence-corrected chi connectivity index (χ0v) is 16.4. The number of amides is 2. The van der Waals surface area contributed by atoms with E-state index in [0.29, 0.717) is 35.9 Å². The Hall–Kier alpha value is -3.68. The van der Waals surface area contributed by atoms with Gasteiger partial charge in [-0.25, -0.2) is 19.2 Å². The molecule has 8 heteroatoms. The van der Waals surface area contributed by atoms with Gasteiger partial charge in [-0.15, -0.1) is 0 Å². The van der Waals surface area contributed by atoms with Gasteiger partial charge in [-0.05, 0) is 55.3 Å². The number of nitrogens with one attached hydrogen (secondary N) is 1. The number of likely N-dealkylation sites (tertiary alicyclic amines) is 1. The molecule has 1 aliphatic heterocycles. The Morgan fingerprint density at radius 2 is 2.17 bits per heavy atom. The lowest BCUT2D eigenvalue weighted by molar-refractivity contribution is 0.221. The first kappa shape index (κ1) is 18.4. The largest absolute Gasteiger partial charge is 0.461 e. The van der Waals surface area contributed by atoms with Crippen molar-refractivity contribution < 1.29 is 13.6 Å². The van der Waals surface area contributed by atoms with Gasteiger partial charge in [0.05, 0.1) is 12.3 Å². The van der Waals surface area contributed by atoms with Crippen LogP contribution in [0.2, 0.25) is 0 Å². The predicted molar refractivity (Wildman–Crippen MR) is 111 cm³/mol. The number of urea groups is 1. The molecule has 30 heavy (non-hydrogen) atoms. The Morgan fingerprint density at radius 3 is 2.97 bits per heavy atom. The first-order valence-corrected chi connectivity index (χ1v) is 9.79. The fraction of sp³-hybridized carbons (Fsp3) is 0.227. The average molecular weight is 405 g/mol. The Labute approximate surface area is 172 Å². The van der Waals surface area contributed by atoms with Crippen LogP contribution in [0.3, 0.4) is 0 Å². The van der Waals surface area contributed by atoms with Crippen molar-refractivity contribution in [1.29, 1.82) is 0 Å². The summed E-state index contributed by atoms with van der Waals surface area (Å²) in [5.41, 5.74) is 2.52. The van der Waals surface area contributed by atoms with E-state index in [0.717, 1.165) is 17.6 Å². The molecule has 152 valence electrons. The molecule has 1 fully saturated rings. The molecular weight excluding hydrogens is 385 g/mol. The number of carbonyl (C=O) groups excluding carboxylic acids is 1. The minimum Gasteiger partial charge on any atom is -0.461 e. The normalized spacial score (nSPS) is 16.3. The van der Waals surface area contributed by atoms with Crippen LogP contribution in [-0.2, 0) is 0 Å². The van der Waals surface area contributed by atoms with Crippen LogP contribution in [-0.4, -0.2) is 38.6 Å². The van der Waals surface area contributed by atoms with Gasteiger partial charge in [-0.1, -0.05) is 6.07 Å². The second-order valence-corrected chi connectivity index (χ2v) is 7.41. The van der Waals surface area contributed by atoms with E-state index in [1.807, 2.05) is 28.8 Å². The second-order valence-electron chi connectivity index (χ2n) is 7.41. The number of hydrogen-bond donors (Lipinski definition) is 1. The quantitative estimate of drug-likeness (QED) is 0.540. The monoisotopic (exact) mass is 405 g/mol. The molecule has 7 nitrogen and oxygen atoms in total. The maximum Gasteiger partial charge on any atom is 0.321 e. The molecule has 0 bridgehead atoms. The van der Waals surface area contributed by atoms with Crippen LogP contribution in [0.15, 0.2) is 59.3 Å². The van der Waals surface area contributed by atoms with Gasteiger partial charge in [0.1, 0.15) is 11.3 Å². The van der Waals surface area contributed by atoms with E-state index >= 15 is 0 Å². The topological polar surface area (TPSA) is 76.2 Å². The van der Waals surface area contributed by atoms with Crippen LogP contribution < -0.4 is 5.32 Å². The molecule has 0 spiro atoms. The zero-order chi connectivity index (χ0) is 20.7. The van der Waals surface area contributed by atoms with Crippen LogP contribution in [0.25, 0.3) is 22.7 Å². The fourth-order valence-electron chi connectivity index (χ4n) is 3.87. The van der Waals surface area contributed by atoms with Gasteiger partial charge in [0.2, 0.25) is 0 Å². The van der Waals surface area contributed by atoms with Crippen LogP contribution in [0.1, 0.15) is 18.0 Å².